The number of hydrogen-bond acceptors (Lipinski definition) is 3. The second kappa shape index (κ2) is 8.29. The van der Waals surface area contributed by atoms with E-state index in [0.29, 0.717) is 16.6 Å². The molecule has 0 radical (unpaired) electrons. The summed E-state index contributed by atoms with van der Waals surface area (Å²) in [5.74, 6) is 0.334. The fourth-order valence-corrected chi connectivity index (χ4v) is 2.79. The molecule has 2 N–H and O–H groups in total. The van der Waals surface area contributed by atoms with E-state index in [9.17, 15) is 4.79 Å². The van der Waals surface area contributed by atoms with Gasteiger partial charge in [-0.3, -0.25) is 4.79 Å². The first-order chi connectivity index (χ1) is 10.7. The molecule has 1 saturated heterocycles. The van der Waals surface area contributed by atoms with Gasteiger partial charge in [0.15, 0.2) is 0 Å². The Bertz CT molecular complexity index is 638. The molecular formula is C17H19Cl2N3O. The van der Waals surface area contributed by atoms with Crippen LogP contribution in [0.5, 0.6) is 0 Å². The first kappa shape index (κ1) is 17.7. The molecule has 6 heteroatoms. The SMILES string of the molecule is Cl.O=C(Nc1ccc([C@H]2CCCNC2)cc1)c1ccc(Cl)cn1. The van der Waals surface area contributed by atoms with E-state index in [1.54, 1.807) is 12.1 Å². The molecule has 1 aromatic carbocycles. The lowest BCUT2D eigenvalue weighted by Crippen LogP contribution is -2.28. The Morgan fingerprint density at radius 3 is 2.61 bits per heavy atom. The van der Waals surface area contributed by atoms with Crippen LogP contribution in [0.25, 0.3) is 0 Å². The van der Waals surface area contributed by atoms with Crippen LogP contribution in [0.1, 0.15) is 34.8 Å². The van der Waals surface area contributed by atoms with E-state index in [-0.39, 0.29) is 18.3 Å². The lowest BCUT2D eigenvalue weighted by molar-refractivity contribution is 0.102. The van der Waals surface area contributed by atoms with Crippen LogP contribution in [-0.4, -0.2) is 24.0 Å². The van der Waals surface area contributed by atoms with Gasteiger partial charge >= 0.3 is 0 Å². The van der Waals surface area contributed by atoms with E-state index < -0.39 is 0 Å². The van der Waals surface area contributed by atoms with Gasteiger partial charge < -0.3 is 10.6 Å². The Labute approximate surface area is 147 Å². The van der Waals surface area contributed by atoms with E-state index in [1.807, 2.05) is 12.1 Å². The van der Waals surface area contributed by atoms with Gasteiger partial charge in [0.25, 0.3) is 5.91 Å². The third-order valence-electron chi connectivity index (χ3n) is 3.90. The zero-order chi connectivity index (χ0) is 15.4. The molecule has 1 aliphatic heterocycles. The number of anilines is 1. The number of hydrogen-bond donors (Lipinski definition) is 2. The Morgan fingerprint density at radius 2 is 2.00 bits per heavy atom. The highest BCUT2D eigenvalue weighted by Gasteiger charge is 2.15. The smallest absolute Gasteiger partial charge is 0.274 e. The number of nitrogens with zero attached hydrogens (tertiary/aromatic N) is 1. The first-order valence-electron chi connectivity index (χ1n) is 7.46. The monoisotopic (exact) mass is 351 g/mol. The van der Waals surface area contributed by atoms with E-state index in [0.717, 1.165) is 18.8 Å². The number of amides is 1. The van der Waals surface area contributed by atoms with Gasteiger partial charge in [0.2, 0.25) is 0 Å². The summed E-state index contributed by atoms with van der Waals surface area (Å²) in [6.45, 7) is 2.14. The summed E-state index contributed by atoms with van der Waals surface area (Å²) in [5.41, 5.74) is 2.44. The van der Waals surface area contributed by atoms with Crippen LogP contribution in [0.4, 0.5) is 5.69 Å². The maximum atomic E-state index is 12.1. The molecule has 4 nitrogen and oxygen atoms in total. The molecule has 0 bridgehead atoms. The van der Waals surface area contributed by atoms with Crippen molar-refractivity contribution in [1.29, 1.82) is 0 Å². The van der Waals surface area contributed by atoms with Gasteiger partial charge in [-0.05, 0) is 55.1 Å². The molecule has 1 aromatic heterocycles. The van der Waals surface area contributed by atoms with Crippen molar-refractivity contribution < 1.29 is 4.79 Å². The third-order valence-corrected chi connectivity index (χ3v) is 4.12. The molecule has 2 heterocycles. The Hall–Kier alpha value is -1.62. The van der Waals surface area contributed by atoms with Gasteiger partial charge in [0.1, 0.15) is 5.69 Å². The van der Waals surface area contributed by atoms with Crippen LogP contribution in [0.15, 0.2) is 42.6 Å². The van der Waals surface area contributed by atoms with Crippen LogP contribution >= 0.6 is 24.0 Å². The number of pyridine rings is 1. The number of nitrogens with one attached hydrogen (secondary N) is 2. The number of carbonyl (C=O) groups is 1. The maximum Gasteiger partial charge on any atom is 0.274 e. The molecule has 0 saturated carbocycles. The van der Waals surface area contributed by atoms with Crippen molar-refractivity contribution in [2.45, 2.75) is 18.8 Å². The predicted molar refractivity (Wildman–Crippen MR) is 95.7 cm³/mol. The van der Waals surface area contributed by atoms with E-state index >= 15 is 0 Å². The van der Waals surface area contributed by atoms with Crippen molar-refractivity contribution in [2.75, 3.05) is 18.4 Å². The molecule has 1 aliphatic rings. The van der Waals surface area contributed by atoms with Gasteiger partial charge in [-0.15, -0.1) is 12.4 Å². The van der Waals surface area contributed by atoms with E-state index in [1.165, 1.54) is 24.6 Å². The third kappa shape index (κ3) is 4.67. The summed E-state index contributed by atoms with van der Waals surface area (Å²) in [7, 11) is 0. The standard InChI is InChI=1S/C17H18ClN3O.ClH/c18-14-5-8-16(20-11-14)17(22)21-15-6-3-12(4-7-15)13-2-1-9-19-10-13;/h3-8,11,13,19H,1-2,9-10H2,(H,21,22);1H/t13-;/m0./s1. The first-order valence-corrected chi connectivity index (χ1v) is 7.84. The molecule has 0 unspecified atom stereocenters. The van der Waals surface area contributed by atoms with Gasteiger partial charge in [0.05, 0.1) is 5.02 Å². The van der Waals surface area contributed by atoms with Crippen molar-refractivity contribution in [2.24, 2.45) is 0 Å². The van der Waals surface area contributed by atoms with Crippen LogP contribution in [0.3, 0.4) is 0 Å². The number of halogens is 2. The highest BCUT2D eigenvalue weighted by atomic mass is 35.5. The molecule has 1 amide bonds. The van der Waals surface area contributed by atoms with Crippen LogP contribution in [0.2, 0.25) is 5.02 Å². The zero-order valence-corrected chi connectivity index (χ0v) is 14.2. The molecule has 23 heavy (non-hydrogen) atoms. The average molecular weight is 352 g/mol. The lowest BCUT2D eigenvalue weighted by Gasteiger charge is -2.23. The number of carbonyl (C=O) groups excluding carboxylic acids is 1. The molecule has 1 fully saturated rings. The van der Waals surface area contributed by atoms with E-state index in [4.69, 9.17) is 11.6 Å². The fraction of sp³-hybridized carbons (Fsp3) is 0.294. The van der Waals surface area contributed by atoms with Gasteiger partial charge in [-0.1, -0.05) is 23.7 Å². The minimum Gasteiger partial charge on any atom is -0.321 e. The summed E-state index contributed by atoms with van der Waals surface area (Å²) >= 11 is 5.77. The average Bonchev–Trinajstić information content (AvgIpc) is 2.57. The quantitative estimate of drug-likeness (QED) is 0.882. The van der Waals surface area contributed by atoms with Crippen molar-refractivity contribution in [3.63, 3.8) is 0 Å². The lowest BCUT2D eigenvalue weighted by atomic mass is 9.92. The molecule has 0 spiro atoms. The molecule has 1 atom stereocenters. The molecular weight excluding hydrogens is 333 g/mol. The summed E-state index contributed by atoms with van der Waals surface area (Å²) in [6.07, 6.45) is 3.90. The van der Waals surface area contributed by atoms with Crippen molar-refractivity contribution in [3.05, 3.63) is 58.9 Å². The predicted octanol–water partition coefficient (Wildman–Crippen LogP) is 3.88. The van der Waals surface area contributed by atoms with Crippen molar-refractivity contribution in [1.82, 2.24) is 10.3 Å². The number of aromatic nitrogens is 1. The summed E-state index contributed by atoms with van der Waals surface area (Å²) in [4.78, 5) is 16.1. The molecule has 0 aliphatic carbocycles. The Balaban J connectivity index is 0.00000192. The van der Waals surface area contributed by atoms with Crippen molar-refractivity contribution >= 4 is 35.6 Å². The Morgan fingerprint density at radius 1 is 1.22 bits per heavy atom. The summed E-state index contributed by atoms with van der Waals surface area (Å²) < 4.78 is 0. The number of benzene rings is 1. The normalized spacial score (nSPS) is 17.2. The highest BCUT2D eigenvalue weighted by Crippen LogP contribution is 2.24. The van der Waals surface area contributed by atoms with Gasteiger partial charge in [0, 0.05) is 18.4 Å². The maximum absolute atomic E-state index is 12.1. The molecule has 3 rings (SSSR count). The second-order valence-electron chi connectivity index (χ2n) is 5.48. The van der Waals surface area contributed by atoms with Crippen molar-refractivity contribution in [3.8, 4) is 0 Å². The summed E-state index contributed by atoms with van der Waals surface area (Å²) in [5, 5.41) is 6.78. The largest absolute Gasteiger partial charge is 0.321 e. The van der Waals surface area contributed by atoms with Crippen LogP contribution in [-0.2, 0) is 0 Å². The van der Waals surface area contributed by atoms with Crippen LogP contribution in [0, 0.1) is 0 Å². The zero-order valence-electron chi connectivity index (χ0n) is 12.6. The van der Waals surface area contributed by atoms with E-state index in [2.05, 4.69) is 27.8 Å². The molecule has 122 valence electrons. The fourth-order valence-electron chi connectivity index (χ4n) is 2.68. The van der Waals surface area contributed by atoms with Crippen LogP contribution < -0.4 is 10.6 Å². The minimum absolute atomic E-state index is 0. The minimum atomic E-state index is -0.233. The summed E-state index contributed by atoms with van der Waals surface area (Å²) in [6, 6.07) is 11.3. The highest BCUT2D eigenvalue weighted by molar-refractivity contribution is 6.30. The second-order valence-corrected chi connectivity index (χ2v) is 5.92. The Kier molecular flexibility index (Phi) is 6.39. The molecule has 2 aromatic rings. The topological polar surface area (TPSA) is 54.0 Å². The number of rotatable bonds is 3. The van der Waals surface area contributed by atoms with Gasteiger partial charge in [-0.2, -0.15) is 0 Å². The van der Waals surface area contributed by atoms with Gasteiger partial charge in [-0.25, -0.2) is 4.98 Å². The number of piperidine rings is 1.